The fraction of sp³-hybridized carbons (Fsp3) is 0.522. The van der Waals surface area contributed by atoms with Crippen LogP contribution in [-0.4, -0.2) is 46.5 Å². The van der Waals surface area contributed by atoms with Gasteiger partial charge in [-0.1, -0.05) is 30.3 Å². The molecular weight excluding hydrogens is 364 g/mol. The fourth-order valence-corrected chi connectivity index (χ4v) is 4.90. The third-order valence-corrected chi connectivity index (χ3v) is 6.63. The van der Waals surface area contributed by atoms with Crippen molar-refractivity contribution in [3.63, 3.8) is 0 Å². The van der Waals surface area contributed by atoms with Crippen LogP contribution in [0.4, 0.5) is 0 Å². The molecule has 1 aromatic heterocycles. The molecule has 1 atom stereocenters. The van der Waals surface area contributed by atoms with Crippen LogP contribution in [0.15, 0.2) is 41.3 Å². The summed E-state index contributed by atoms with van der Waals surface area (Å²) in [7, 11) is 0. The van der Waals surface area contributed by atoms with Gasteiger partial charge in [0.05, 0.1) is 0 Å². The summed E-state index contributed by atoms with van der Waals surface area (Å²) in [5.41, 5.74) is 1.10. The molecule has 2 aromatic rings. The van der Waals surface area contributed by atoms with Crippen molar-refractivity contribution in [3.8, 4) is 0 Å². The highest BCUT2D eigenvalue weighted by molar-refractivity contribution is 5.93. The molecule has 0 bridgehead atoms. The molecule has 2 aliphatic heterocycles. The van der Waals surface area contributed by atoms with Crippen molar-refractivity contribution in [3.05, 3.63) is 63.8 Å². The third-order valence-electron chi connectivity index (χ3n) is 6.63. The zero-order valence-electron chi connectivity index (χ0n) is 16.8. The molecule has 1 amide bonds. The summed E-state index contributed by atoms with van der Waals surface area (Å²) < 4.78 is 2.05. The number of likely N-dealkylation sites (tertiary alicyclic amines) is 1. The highest BCUT2D eigenvalue weighted by Gasteiger charge is 2.44. The Kier molecular flexibility index (Phi) is 4.74. The number of nitrogens with one attached hydrogen (secondary N) is 1. The van der Waals surface area contributed by atoms with Crippen molar-refractivity contribution in [2.24, 2.45) is 11.3 Å². The maximum atomic E-state index is 12.6. The van der Waals surface area contributed by atoms with Gasteiger partial charge in [0.1, 0.15) is 11.4 Å². The first-order valence-electron chi connectivity index (χ1n) is 10.8. The lowest BCUT2D eigenvalue weighted by atomic mass is 9.86. The minimum Gasteiger partial charge on any atom is -0.351 e. The largest absolute Gasteiger partial charge is 0.351 e. The molecule has 1 saturated heterocycles. The number of carbonyl (C=O) groups is 1. The summed E-state index contributed by atoms with van der Waals surface area (Å²) in [6.45, 7) is 4.81. The molecule has 3 aliphatic rings. The average Bonchev–Trinajstić information content (AvgIpc) is 3.34. The second kappa shape index (κ2) is 7.41. The molecule has 152 valence electrons. The van der Waals surface area contributed by atoms with Gasteiger partial charge in [0.2, 0.25) is 0 Å². The van der Waals surface area contributed by atoms with Gasteiger partial charge in [-0.3, -0.25) is 9.59 Å². The van der Waals surface area contributed by atoms with Gasteiger partial charge in [-0.25, -0.2) is 0 Å². The standard InChI is InChI=1S/C23H28N4O2/c28-21(24-10-8-17-4-2-1-3-5-17)19-14-27-16-23(12-20(27)25-22(19)29)9-11-26(15-23)13-18-6-7-18/h1-5,14,18H,6-13,15-16H2,(H,24,28)/t23-/m0/s1. The molecule has 0 radical (unpaired) electrons. The van der Waals surface area contributed by atoms with E-state index in [1.807, 2.05) is 34.9 Å². The van der Waals surface area contributed by atoms with Crippen LogP contribution in [0.25, 0.3) is 0 Å². The van der Waals surface area contributed by atoms with E-state index in [4.69, 9.17) is 0 Å². The first-order valence-corrected chi connectivity index (χ1v) is 10.8. The molecule has 29 heavy (non-hydrogen) atoms. The Morgan fingerprint density at radius 1 is 1.21 bits per heavy atom. The number of benzene rings is 1. The Hall–Kier alpha value is -2.47. The van der Waals surface area contributed by atoms with Crippen LogP contribution in [0.3, 0.4) is 0 Å². The van der Waals surface area contributed by atoms with Crippen LogP contribution < -0.4 is 10.9 Å². The fourth-order valence-electron chi connectivity index (χ4n) is 4.90. The van der Waals surface area contributed by atoms with E-state index in [1.54, 1.807) is 6.20 Å². The molecule has 1 aliphatic carbocycles. The van der Waals surface area contributed by atoms with Crippen LogP contribution >= 0.6 is 0 Å². The van der Waals surface area contributed by atoms with Crippen molar-refractivity contribution >= 4 is 5.91 Å². The second-order valence-electron chi connectivity index (χ2n) is 9.10. The van der Waals surface area contributed by atoms with Gasteiger partial charge in [-0.15, -0.1) is 0 Å². The van der Waals surface area contributed by atoms with Crippen molar-refractivity contribution < 1.29 is 4.79 Å². The van der Waals surface area contributed by atoms with Crippen LogP contribution in [0, 0.1) is 11.3 Å². The molecule has 1 spiro atoms. The highest BCUT2D eigenvalue weighted by atomic mass is 16.2. The predicted molar refractivity (Wildman–Crippen MR) is 111 cm³/mol. The summed E-state index contributed by atoms with van der Waals surface area (Å²) in [4.78, 5) is 31.9. The lowest BCUT2D eigenvalue weighted by Gasteiger charge is -2.22. The van der Waals surface area contributed by atoms with E-state index in [1.165, 1.54) is 19.4 Å². The number of nitrogens with zero attached hydrogens (tertiary/aromatic N) is 3. The van der Waals surface area contributed by atoms with Gasteiger partial charge < -0.3 is 14.8 Å². The number of hydrogen-bond donors (Lipinski definition) is 1. The molecule has 2 fully saturated rings. The average molecular weight is 393 g/mol. The smallest absolute Gasteiger partial charge is 0.285 e. The predicted octanol–water partition coefficient (Wildman–Crippen LogP) is 1.87. The third kappa shape index (κ3) is 3.99. The SMILES string of the molecule is O=C(NCCc1ccccc1)c1cn2c(nc1=O)C[C@]1(CCN(CC3CC3)C1)C2. The number of fused-ring (bicyclic) bond motifs is 1. The number of amides is 1. The quantitative estimate of drug-likeness (QED) is 0.815. The van der Waals surface area contributed by atoms with E-state index in [0.717, 1.165) is 56.2 Å². The minimum absolute atomic E-state index is 0.159. The van der Waals surface area contributed by atoms with Gasteiger partial charge >= 0.3 is 0 Å². The summed E-state index contributed by atoms with van der Waals surface area (Å²) in [5, 5.41) is 2.88. The van der Waals surface area contributed by atoms with Crippen LogP contribution in [0.5, 0.6) is 0 Å². The molecule has 5 rings (SSSR count). The molecule has 1 N–H and O–H groups in total. The minimum atomic E-state index is -0.404. The Balaban J connectivity index is 1.23. The summed E-state index contributed by atoms with van der Waals surface area (Å²) in [6, 6.07) is 10.0. The second-order valence-corrected chi connectivity index (χ2v) is 9.10. The summed E-state index contributed by atoms with van der Waals surface area (Å²) in [6.07, 6.45) is 7.23. The van der Waals surface area contributed by atoms with Gasteiger partial charge in [0, 0.05) is 44.2 Å². The molecule has 3 heterocycles. The molecule has 6 nitrogen and oxygen atoms in total. The number of hydrogen-bond acceptors (Lipinski definition) is 4. The monoisotopic (exact) mass is 392 g/mol. The Labute approximate surface area is 170 Å². The van der Waals surface area contributed by atoms with Crippen LogP contribution in [0.1, 0.15) is 41.0 Å². The van der Waals surface area contributed by atoms with E-state index in [-0.39, 0.29) is 16.9 Å². The van der Waals surface area contributed by atoms with Gasteiger partial charge in [-0.05, 0) is 43.7 Å². The Morgan fingerprint density at radius 2 is 2.03 bits per heavy atom. The van der Waals surface area contributed by atoms with Crippen LogP contribution in [-0.2, 0) is 19.4 Å². The van der Waals surface area contributed by atoms with E-state index in [9.17, 15) is 9.59 Å². The lowest BCUT2D eigenvalue weighted by molar-refractivity contribution is 0.0951. The van der Waals surface area contributed by atoms with Gasteiger partial charge in [0.15, 0.2) is 0 Å². The number of rotatable bonds is 6. The highest BCUT2D eigenvalue weighted by Crippen LogP contribution is 2.41. The molecule has 6 heteroatoms. The maximum absolute atomic E-state index is 12.6. The van der Waals surface area contributed by atoms with Crippen LogP contribution in [0.2, 0.25) is 0 Å². The van der Waals surface area contributed by atoms with Crippen molar-refractivity contribution in [1.29, 1.82) is 0 Å². The Bertz CT molecular complexity index is 967. The van der Waals surface area contributed by atoms with Crippen molar-refractivity contribution in [1.82, 2.24) is 19.8 Å². The zero-order chi connectivity index (χ0) is 19.8. The number of aromatic nitrogens is 2. The summed E-state index contributed by atoms with van der Waals surface area (Å²) >= 11 is 0. The zero-order valence-corrected chi connectivity index (χ0v) is 16.8. The molecule has 1 saturated carbocycles. The van der Waals surface area contributed by atoms with E-state index in [0.29, 0.717) is 6.54 Å². The van der Waals surface area contributed by atoms with Gasteiger partial charge in [-0.2, -0.15) is 4.98 Å². The van der Waals surface area contributed by atoms with Gasteiger partial charge in [0.25, 0.3) is 11.5 Å². The van der Waals surface area contributed by atoms with E-state index in [2.05, 4.69) is 15.2 Å². The molecule has 0 unspecified atom stereocenters. The lowest BCUT2D eigenvalue weighted by Crippen LogP contribution is -2.32. The first-order chi connectivity index (χ1) is 14.1. The normalized spacial score (nSPS) is 23.4. The van der Waals surface area contributed by atoms with E-state index >= 15 is 0 Å². The summed E-state index contributed by atoms with van der Waals surface area (Å²) in [5.74, 6) is 1.42. The maximum Gasteiger partial charge on any atom is 0.285 e. The molecular formula is C23H28N4O2. The van der Waals surface area contributed by atoms with Crippen molar-refractivity contribution in [2.75, 3.05) is 26.2 Å². The topological polar surface area (TPSA) is 67.2 Å². The number of carbonyl (C=O) groups excluding carboxylic acids is 1. The van der Waals surface area contributed by atoms with E-state index < -0.39 is 5.56 Å². The Morgan fingerprint density at radius 3 is 2.83 bits per heavy atom. The first kappa shape index (κ1) is 18.6. The molecule has 1 aromatic carbocycles. The van der Waals surface area contributed by atoms with Crippen molar-refractivity contribution in [2.45, 2.75) is 38.6 Å².